The van der Waals surface area contributed by atoms with Crippen molar-refractivity contribution in [3.8, 4) is 11.3 Å². The van der Waals surface area contributed by atoms with Gasteiger partial charge in [0.1, 0.15) is 0 Å². The van der Waals surface area contributed by atoms with Gasteiger partial charge in [-0.1, -0.05) is 30.3 Å². The topological polar surface area (TPSA) is 64.3 Å². The van der Waals surface area contributed by atoms with Crippen LogP contribution >= 0.6 is 0 Å². The highest BCUT2D eigenvalue weighted by Gasteiger charge is 2.26. The third kappa shape index (κ3) is 3.83. The number of rotatable bonds is 4. The van der Waals surface area contributed by atoms with E-state index in [9.17, 15) is 4.79 Å². The quantitative estimate of drug-likeness (QED) is 0.885. The summed E-state index contributed by atoms with van der Waals surface area (Å²) in [5.74, 6) is 0.110. The lowest BCUT2D eigenvalue weighted by Crippen LogP contribution is -2.39. The van der Waals surface area contributed by atoms with Gasteiger partial charge < -0.3 is 10.2 Å². The van der Waals surface area contributed by atoms with Crippen LogP contribution < -0.4 is 5.32 Å². The van der Waals surface area contributed by atoms with Crippen LogP contribution in [0.3, 0.4) is 0 Å². The Balaban J connectivity index is 1.76. The number of benzene rings is 1. The van der Waals surface area contributed by atoms with E-state index in [1.807, 2.05) is 24.4 Å². The Morgan fingerprint density at radius 1 is 1.29 bits per heavy atom. The molecule has 1 atom stereocenters. The number of likely N-dealkylation sites (N-methyl/N-ethyl adjacent to an activating group) is 1. The predicted molar refractivity (Wildman–Crippen MR) is 94.4 cm³/mol. The number of aromatic nitrogens is 2. The summed E-state index contributed by atoms with van der Waals surface area (Å²) < 4.78 is 0. The largest absolute Gasteiger partial charge is 0.359 e. The van der Waals surface area contributed by atoms with Crippen LogP contribution in [0.5, 0.6) is 0 Å². The van der Waals surface area contributed by atoms with E-state index >= 15 is 0 Å². The number of amides is 1. The second-order valence-electron chi connectivity index (χ2n) is 6.44. The van der Waals surface area contributed by atoms with E-state index < -0.39 is 0 Å². The summed E-state index contributed by atoms with van der Waals surface area (Å²) in [5, 5.41) is 10.1. The molecule has 1 saturated heterocycles. The SMILES string of the molecule is CNC(=O)C1CN(C)CCN(Cc2cn[nH]c2-c2ccccc2)C1. The first-order valence-corrected chi connectivity index (χ1v) is 8.37. The van der Waals surface area contributed by atoms with E-state index in [1.165, 1.54) is 5.56 Å². The molecule has 0 radical (unpaired) electrons. The highest BCUT2D eigenvalue weighted by Crippen LogP contribution is 2.22. The maximum absolute atomic E-state index is 12.1. The molecular weight excluding hydrogens is 302 g/mol. The van der Waals surface area contributed by atoms with Crippen molar-refractivity contribution in [2.45, 2.75) is 6.54 Å². The van der Waals surface area contributed by atoms with Crippen molar-refractivity contribution in [3.63, 3.8) is 0 Å². The Bertz CT molecular complexity index is 669. The number of carbonyl (C=O) groups is 1. The maximum Gasteiger partial charge on any atom is 0.225 e. The Kier molecular flexibility index (Phi) is 5.27. The van der Waals surface area contributed by atoms with E-state index in [4.69, 9.17) is 0 Å². The van der Waals surface area contributed by atoms with Crippen LogP contribution in [0.25, 0.3) is 11.3 Å². The molecule has 2 N–H and O–H groups in total. The van der Waals surface area contributed by atoms with Crippen molar-refractivity contribution in [1.82, 2.24) is 25.3 Å². The minimum absolute atomic E-state index is 0.00502. The normalized spacial score (nSPS) is 19.8. The van der Waals surface area contributed by atoms with Gasteiger partial charge in [-0.15, -0.1) is 0 Å². The summed E-state index contributed by atoms with van der Waals surface area (Å²) in [7, 11) is 3.79. The van der Waals surface area contributed by atoms with Gasteiger partial charge in [-0.2, -0.15) is 5.10 Å². The molecular formula is C18H25N5O. The molecule has 1 aromatic heterocycles. The molecule has 2 heterocycles. The summed E-state index contributed by atoms with van der Waals surface area (Å²) >= 11 is 0. The fourth-order valence-corrected chi connectivity index (χ4v) is 3.28. The van der Waals surface area contributed by atoms with E-state index in [0.29, 0.717) is 0 Å². The summed E-state index contributed by atoms with van der Waals surface area (Å²) in [5.41, 5.74) is 3.37. The van der Waals surface area contributed by atoms with Gasteiger partial charge in [0.15, 0.2) is 0 Å². The van der Waals surface area contributed by atoms with E-state index in [-0.39, 0.29) is 11.8 Å². The van der Waals surface area contributed by atoms with Crippen LogP contribution in [-0.2, 0) is 11.3 Å². The lowest BCUT2D eigenvalue weighted by Gasteiger charge is -2.23. The number of carbonyl (C=O) groups excluding carboxylic acids is 1. The summed E-state index contributed by atoms with van der Waals surface area (Å²) in [6.45, 7) is 4.27. The number of nitrogens with zero attached hydrogens (tertiary/aromatic N) is 3. The average Bonchev–Trinajstić information content (AvgIpc) is 2.98. The van der Waals surface area contributed by atoms with Crippen molar-refractivity contribution >= 4 is 5.91 Å². The lowest BCUT2D eigenvalue weighted by molar-refractivity contribution is -0.125. The molecule has 3 rings (SSSR count). The second-order valence-corrected chi connectivity index (χ2v) is 6.44. The van der Waals surface area contributed by atoms with Gasteiger partial charge in [-0.25, -0.2) is 0 Å². The minimum atomic E-state index is -0.00502. The molecule has 0 saturated carbocycles. The molecule has 24 heavy (non-hydrogen) atoms. The average molecular weight is 327 g/mol. The zero-order valence-corrected chi connectivity index (χ0v) is 14.3. The predicted octanol–water partition coefficient (Wildman–Crippen LogP) is 1.19. The van der Waals surface area contributed by atoms with E-state index in [2.05, 4.69) is 44.5 Å². The van der Waals surface area contributed by atoms with Gasteiger partial charge in [0.2, 0.25) is 5.91 Å². The van der Waals surface area contributed by atoms with Crippen molar-refractivity contribution in [2.75, 3.05) is 40.3 Å². The first-order valence-electron chi connectivity index (χ1n) is 8.37. The lowest BCUT2D eigenvalue weighted by atomic mass is 10.1. The molecule has 6 nitrogen and oxygen atoms in total. The Morgan fingerprint density at radius 3 is 2.83 bits per heavy atom. The first-order chi connectivity index (χ1) is 11.7. The molecule has 0 aliphatic carbocycles. The molecule has 0 spiro atoms. The van der Waals surface area contributed by atoms with Crippen LogP contribution in [0.2, 0.25) is 0 Å². The van der Waals surface area contributed by atoms with Crippen LogP contribution in [0, 0.1) is 5.92 Å². The standard InChI is InChI=1S/C18H25N5O/c1-19-18(24)16-11-22(2)8-9-23(13-16)12-15-10-20-21-17(15)14-6-4-3-5-7-14/h3-7,10,16H,8-9,11-13H2,1-2H3,(H,19,24)(H,20,21). The molecule has 1 fully saturated rings. The highest BCUT2D eigenvalue weighted by molar-refractivity contribution is 5.78. The first kappa shape index (κ1) is 16.7. The number of H-pyrrole nitrogens is 1. The number of hydrogen-bond acceptors (Lipinski definition) is 4. The van der Waals surface area contributed by atoms with Crippen LogP contribution in [0.1, 0.15) is 5.56 Å². The van der Waals surface area contributed by atoms with E-state index in [1.54, 1.807) is 7.05 Å². The fraction of sp³-hybridized carbons (Fsp3) is 0.444. The van der Waals surface area contributed by atoms with Crippen molar-refractivity contribution in [2.24, 2.45) is 5.92 Å². The van der Waals surface area contributed by atoms with Gasteiger partial charge in [0, 0.05) is 45.3 Å². The Hall–Kier alpha value is -2.18. The molecule has 1 aliphatic rings. The smallest absolute Gasteiger partial charge is 0.225 e. The number of aromatic amines is 1. The highest BCUT2D eigenvalue weighted by atomic mass is 16.1. The molecule has 1 aliphatic heterocycles. The van der Waals surface area contributed by atoms with Crippen LogP contribution in [0.4, 0.5) is 0 Å². The zero-order valence-electron chi connectivity index (χ0n) is 14.3. The Morgan fingerprint density at radius 2 is 2.08 bits per heavy atom. The second kappa shape index (κ2) is 7.59. The molecule has 6 heteroatoms. The molecule has 1 amide bonds. The molecule has 1 unspecified atom stereocenters. The van der Waals surface area contributed by atoms with Gasteiger partial charge in [0.25, 0.3) is 0 Å². The third-order valence-corrected chi connectivity index (χ3v) is 4.60. The molecule has 128 valence electrons. The van der Waals surface area contributed by atoms with Gasteiger partial charge >= 0.3 is 0 Å². The monoisotopic (exact) mass is 327 g/mol. The van der Waals surface area contributed by atoms with Crippen molar-refractivity contribution in [3.05, 3.63) is 42.1 Å². The molecule has 0 bridgehead atoms. The Labute approximate surface area is 142 Å². The van der Waals surface area contributed by atoms with E-state index in [0.717, 1.165) is 44.0 Å². The fourth-order valence-electron chi connectivity index (χ4n) is 3.28. The maximum atomic E-state index is 12.1. The van der Waals surface area contributed by atoms with Crippen molar-refractivity contribution < 1.29 is 4.79 Å². The third-order valence-electron chi connectivity index (χ3n) is 4.60. The van der Waals surface area contributed by atoms with Gasteiger partial charge in [-0.05, 0) is 12.6 Å². The van der Waals surface area contributed by atoms with Gasteiger partial charge in [0.05, 0.1) is 17.8 Å². The zero-order chi connectivity index (χ0) is 16.9. The van der Waals surface area contributed by atoms with Crippen LogP contribution in [0.15, 0.2) is 36.5 Å². The van der Waals surface area contributed by atoms with Crippen LogP contribution in [-0.4, -0.2) is 66.2 Å². The summed E-state index contributed by atoms with van der Waals surface area (Å²) in [6.07, 6.45) is 1.89. The summed E-state index contributed by atoms with van der Waals surface area (Å²) in [4.78, 5) is 16.7. The van der Waals surface area contributed by atoms with Crippen molar-refractivity contribution in [1.29, 1.82) is 0 Å². The van der Waals surface area contributed by atoms with Gasteiger partial charge in [-0.3, -0.25) is 14.8 Å². The molecule has 2 aromatic rings. The molecule has 1 aromatic carbocycles. The number of hydrogen-bond donors (Lipinski definition) is 2. The number of nitrogens with one attached hydrogen (secondary N) is 2. The minimum Gasteiger partial charge on any atom is -0.359 e. The summed E-state index contributed by atoms with van der Waals surface area (Å²) in [6, 6.07) is 10.2.